The Kier molecular flexibility index (Phi) is 5.11. The second-order valence-corrected chi connectivity index (χ2v) is 5.24. The van der Waals surface area contributed by atoms with E-state index in [2.05, 4.69) is 10.6 Å². The van der Waals surface area contributed by atoms with Crippen molar-refractivity contribution in [2.75, 3.05) is 24.6 Å². The van der Waals surface area contributed by atoms with Crippen molar-refractivity contribution in [1.82, 2.24) is 10.6 Å². The monoisotopic (exact) mass is 218 g/mol. The van der Waals surface area contributed by atoms with E-state index in [1.807, 2.05) is 6.92 Å². The van der Waals surface area contributed by atoms with Gasteiger partial charge in [0, 0.05) is 28.9 Å². The van der Waals surface area contributed by atoms with Crippen LogP contribution in [0, 0.1) is 0 Å². The summed E-state index contributed by atoms with van der Waals surface area (Å²) in [5.41, 5.74) is 0. The first-order chi connectivity index (χ1) is 6.74. The molecule has 1 unspecified atom stereocenters. The van der Waals surface area contributed by atoms with E-state index < -0.39 is 10.8 Å². The lowest BCUT2D eigenvalue weighted by molar-refractivity contribution is -0.122. The topological polar surface area (TPSA) is 58.2 Å². The van der Waals surface area contributed by atoms with Crippen LogP contribution in [0.15, 0.2) is 0 Å². The van der Waals surface area contributed by atoms with Gasteiger partial charge in [0.25, 0.3) is 0 Å². The van der Waals surface area contributed by atoms with Crippen molar-refractivity contribution < 1.29 is 9.00 Å². The van der Waals surface area contributed by atoms with Gasteiger partial charge in [-0.2, -0.15) is 0 Å². The zero-order valence-electron chi connectivity index (χ0n) is 8.54. The quantitative estimate of drug-likeness (QED) is 0.661. The molecule has 5 heteroatoms. The van der Waals surface area contributed by atoms with E-state index in [0.29, 0.717) is 18.1 Å². The van der Waals surface area contributed by atoms with Crippen LogP contribution in [0.4, 0.5) is 0 Å². The predicted molar refractivity (Wildman–Crippen MR) is 57.6 cm³/mol. The van der Waals surface area contributed by atoms with Gasteiger partial charge in [0.05, 0.1) is 6.04 Å². The minimum Gasteiger partial charge on any atom is -0.354 e. The van der Waals surface area contributed by atoms with E-state index in [1.54, 1.807) is 0 Å². The zero-order valence-corrected chi connectivity index (χ0v) is 9.36. The number of carbonyl (C=O) groups is 1. The number of nitrogens with one attached hydrogen (secondary N) is 2. The molecule has 1 aliphatic rings. The fourth-order valence-electron chi connectivity index (χ4n) is 1.46. The molecule has 1 saturated heterocycles. The Balaban J connectivity index is 2.11. The van der Waals surface area contributed by atoms with Crippen LogP contribution in [-0.2, 0) is 15.6 Å². The molecule has 0 saturated carbocycles. The molecule has 0 aromatic heterocycles. The summed E-state index contributed by atoms with van der Waals surface area (Å²) in [5.74, 6) is 1.28. The number of rotatable bonds is 5. The number of amides is 1. The Labute approximate surface area is 87.3 Å². The maximum Gasteiger partial charge on any atom is 0.237 e. The van der Waals surface area contributed by atoms with Crippen molar-refractivity contribution in [3.05, 3.63) is 0 Å². The highest BCUT2D eigenvalue weighted by Crippen LogP contribution is 2.03. The Morgan fingerprint density at radius 2 is 2.43 bits per heavy atom. The van der Waals surface area contributed by atoms with Crippen LogP contribution in [-0.4, -0.2) is 40.8 Å². The lowest BCUT2D eigenvalue weighted by atomic mass is 10.2. The summed E-state index contributed by atoms with van der Waals surface area (Å²) in [4.78, 5) is 11.4. The van der Waals surface area contributed by atoms with Gasteiger partial charge in [-0.15, -0.1) is 0 Å². The molecular weight excluding hydrogens is 200 g/mol. The molecule has 0 aliphatic carbocycles. The molecule has 1 amide bonds. The first kappa shape index (κ1) is 11.7. The van der Waals surface area contributed by atoms with Crippen LogP contribution in [0.2, 0.25) is 0 Å². The molecule has 14 heavy (non-hydrogen) atoms. The van der Waals surface area contributed by atoms with E-state index >= 15 is 0 Å². The molecule has 0 bridgehead atoms. The molecule has 0 spiro atoms. The second-order valence-electron chi connectivity index (χ2n) is 3.37. The van der Waals surface area contributed by atoms with Crippen molar-refractivity contribution in [2.45, 2.75) is 25.8 Å². The van der Waals surface area contributed by atoms with E-state index in [9.17, 15) is 9.00 Å². The van der Waals surface area contributed by atoms with Crippen molar-refractivity contribution in [3.63, 3.8) is 0 Å². The largest absolute Gasteiger partial charge is 0.354 e. The molecule has 1 aliphatic heterocycles. The van der Waals surface area contributed by atoms with E-state index in [4.69, 9.17) is 0 Å². The van der Waals surface area contributed by atoms with Crippen molar-refractivity contribution in [2.24, 2.45) is 0 Å². The molecule has 1 rings (SSSR count). The molecule has 0 aromatic rings. The van der Waals surface area contributed by atoms with Gasteiger partial charge < -0.3 is 10.6 Å². The Morgan fingerprint density at radius 1 is 1.64 bits per heavy atom. The number of carbonyl (C=O) groups excluding carboxylic acids is 1. The van der Waals surface area contributed by atoms with E-state index in [0.717, 1.165) is 19.4 Å². The van der Waals surface area contributed by atoms with Crippen LogP contribution < -0.4 is 10.6 Å². The van der Waals surface area contributed by atoms with Crippen LogP contribution in [0.3, 0.4) is 0 Å². The second kappa shape index (κ2) is 6.14. The third-order valence-corrected chi connectivity index (χ3v) is 3.63. The standard InChI is InChI=1S/C9H18N2O2S/c1-2-14(13)7-6-11-9(12)8-4-3-5-10-8/h8,10H,2-7H2,1H3,(H,11,12)/t8-,14?/m0/s1. The van der Waals surface area contributed by atoms with Gasteiger partial charge in [-0.25, -0.2) is 0 Å². The highest BCUT2D eigenvalue weighted by molar-refractivity contribution is 7.84. The van der Waals surface area contributed by atoms with Gasteiger partial charge >= 0.3 is 0 Å². The number of hydrogen-bond donors (Lipinski definition) is 2. The minimum atomic E-state index is -0.780. The summed E-state index contributed by atoms with van der Waals surface area (Å²) in [7, 11) is -0.780. The lowest BCUT2D eigenvalue weighted by Gasteiger charge is -2.10. The normalized spacial score (nSPS) is 23.4. The van der Waals surface area contributed by atoms with Crippen LogP contribution >= 0.6 is 0 Å². The van der Waals surface area contributed by atoms with Crippen molar-refractivity contribution in [3.8, 4) is 0 Å². The van der Waals surface area contributed by atoms with Gasteiger partial charge in [-0.3, -0.25) is 9.00 Å². The van der Waals surface area contributed by atoms with Gasteiger partial charge in [0.15, 0.2) is 0 Å². The molecule has 2 N–H and O–H groups in total. The summed E-state index contributed by atoms with van der Waals surface area (Å²) in [6, 6.07) is -0.0231. The first-order valence-corrected chi connectivity index (χ1v) is 6.59. The third kappa shape index (κ3) is 3.75. The average Bonchev–Trinajstić information content (AvgIpc) is 2.70. The summed E-state index contributed by atoms with van der Waals surface area (Å²) < 4.78 is 11.1. The molecule has 1 fully saturated rings. The third-order valence-electron chi connectivity index (χ3n) is 2.33. The van der Waals surface area contributed by atoms with E-state index in [-0.39, 0.29) is 11.9 Å². The summed E-state index contributed by atoms with van der Waals surface area (Å²) in [5, 5.41) is 5.92. The van der Waals surface area contributed by atoms with Gasteiger partial charge in [-0.1, -0.05) is 6.92 Å². The van der Waals surface area contributed by atoms with Crippen LogP contribution in [0.5, 0.6) is 0 Å². The zero-order chi connectivity index (χ0) is 10.4. The fourth-order valence-corrected chi connectivity index (χ4v) is 2.08. The molecular formula is C9H18N2O2S. The van der Waals surface area contributed by atoms with Crippen LogP contribution in [0.1, 0.15) is 19.8 Å². The highest BCUT2D eigenvalue weighted by Gasteiger charge is 2.21. The Bertz CT molecular complexity index is 215. The molecule has 0 aromatic carbocycles. The van der Waals surface area contributed by atoms with Crippen molar-refractivity contribution in [1.29, 1.82) is 0 Å². The maximum absolute atomic E-state index is 11.4. The van der Waals surface area contributed by atoms with Crippen molar-refractivity contribution >= 4 is 16.7 Å². The van der Waals surface area contributed by atoms with Gasteiger partial charge in [0.1, 0.15) is 0 Å². The molecule has 1 heterocycles. The smallest absolute Gasteiger partial charge is 0.237 e. The predicted octanol–water partition coefficient (Wildman–Crippen LogP) is -0.377. The molecule has 4 nitrogen and oxygen atoms in total. The average molecular weight is 218 g/mol. The number of hydrogen-bond acceptors (Lipinski definition) is 3. The summed E-state index contributed by atoms with van der Waals surface area (Å²) in [6.07, 6.45) is 1.99. The Morgan fingerprint density at radius 3 is 3.00 bits per heavy atom. The first-order valence-electron chi connectivity index (χ1n) is 5.10. The lowest BCUT2D eigenvalue weighted by Crippen LogP contribution is -2.41. The highest BCUT2D eigenvalue weighted by atomic mass is 32.2. The summed E-state index contributed by atoms with van der Waals surface area (Å²) >= 11 is 0. The summed E-state index contributed by atoms with van der Waals surface area (Å²) in [6.45, 7) is 3.34. The maximum atomic E-state index is 11.4. The van der Waals surface area contributed by atoms with Crippen LogP contribution in [0.25, 0.3) is 0 Å². The fraction of sp³-hybridized carbons (Fsp3) is 0.889. The molecule has 0 radical (unpaired) electrons. The van der Waals surface area contributed by atoms with Gasteiger partial charge in [0.2, 0.25) is 5.91 Å². The minimum absolute atomic E-state index is 0.0231. The molecule has 2 atom stereocenters. The Hall–Kier alpha value is -0.420. The molecule has 82 valence electrons. The van der Waals surface area contributed by atoms with Gasteiger partial charge in [-0.05, 0) is 19.4 Å². The SMILES string of the molecule is CCS(=O)CCNC(=O)[C@@H]1CCCN1. The van der Waals surface area contributed by atoms with E-state index in [1.165, 1.54) is 0 Å².